The number of halogens is 1. The fourth-order valence-corrected chi connectivity index (χ4v) is 2.99. The average molecular weight is 329 g/mol. The van der Waals surface area contributed by atoms with Crippen LogP contribution in [0.1, 0.15) is 11.1 Å². The Morgan fingerprint density at radius 1 is 1.09 bits per heavy atom. The minimum Gasteiger partial charge on any atom is -0.507 e. The van der Waals surface area contributed by atoms with Crippen LogP contribution >= 0.6 is 11.8 Å². The zero-order valence-corrected chi connectivity index (χ0v) is 12.7. The average Bonchev–Trinajstić information content (AvgIpc) is 2.79. The van der Waals surface area contributed by atoms with Crippen LogP contribution in [-0.4, -0.2) is 21.2 Å². The molecule has 0 radical (unpaired) electrons. The van der Waals surface area contributed by atoms with E-state index in [4.69, 9.17) is 0 Å². The largest absolute Gasteiger partial charge is 0.507 e. The molecule has 23 heavy (non-hydrogen) atoms. The van der Waals surface area contributed by atoms with Gasteiger partial charge in [-0.3, -0.25) is 14.5 Å². The number of phenols is 1. The molecule has 1 heterocycles. The lowest BCUT2D eigenvalue weighted by atomic mass is 10.2. The second-order valence-electron chi connectivity index (χ2n) is 4.95. The van der Waals surface area contributed by atoms with Crippen LogP contribution in [0.15, 0.2) is 53.4 Å². The highest BCUT2D eigenvalue weighted by molar-refractivity contribution is 8.18. The van der Waals surface area contributed by atoms with Gasteiger partial charge in [-0.25, -0.2) is 4.39 Å². The predicted molar refractivity (Wildman–Crippen MR) is 86.0 cm³/mol. The first-order valence-electron chi connectivity index (χ1n) is 6.82. The molecule has 0 aliphatic carbocycles. The van der Waals surface area contributed by atoms with Gasteiger partial charge in [-0.05, 0) is 41.6 Å². The van der Waals surface area contributed by atoms with Gasteiger partial charge in [0.1, 0.15) is 11.6 Å². The highest BCUT2D eigenvalue weighted by atomic mass is 32.2. The second kappa shape index (κ2) is 6.26. The molecule has 2 aromatic rings. The molecule has 1 saturated heterocycles. The first-order valence-corrected chi connectivity index (χ1v) is 7.64. The number of nitrogens with zero attached hydrogens (tertiary/aromatic N) is 1. The lowest BCUT2D eigenvalue weighted by Crippen LogP contribution is -2.27. The van der Waals surface area contributed by atoms with Crippen molar-refractivity contribution in [3.05, 3.63) is 70.4 Å². The van der Waals surface area contributed by atoms with Crippen molar-refractivity contribution in [2.75, 3.05) is 0 Å². The molecule has 0 unspecified atom stereocenters. The number of benzene rings is 2. The summed E-state index contributed by atoms with van der Waals surface area (Å²) in [6.07, 6.45) is 1.49. The topological polar surface area (TPSA) is 57.6 Å². The Bertz CT molecular complexity index is 802. The fourth-order valence-electron chi connectivity index (χ4n) is 2.16. The summed E-state index contributed by atoms with van der Waals surface area (Å²) in [6.45, 7) is 0.0864. The van der Waals surface area contributed by atoms with Crippen LogP contribution in [0.25, 0.3) is 6.08 Å². The Hall–Kier alpha value is -2.60. The fraction of sp³-hybridized carbons (Fsp3) is 0.0588. The number of hydrogen-bond acceptors (Lipinski definition) is 4. The molecule has 0 spiro atoms. The van der Waals surface area contributed by atoms with Crippen molar-refractivity contribution >= 4 is 29.0 Å². The Balaban J connectivity index is 1.82. The zero-order valence-electron chi connectivity index (χ0n) is 11.9. The molecule has 1 N–H and O–H groups in total. The molecule has 3 rings (SSSR count). The van der Waals surface area contributed by atoms with Crippen LogP contribution < -0.4 is 0 Å². The summed E-state index contributed by atoms with van der Waals surface area (Å²) in [6, 6.07) is 12.2. The number of aromatic hydroxyl groups is 1. The van der Waals surface area contributed by atoms with Crippen molar-refractivity contribution in [3.8, 4) is 5.75 Å². The highest BCUT2D eigenvalue weighted by Gasteiger charge is 2.35. The van der Waals surface area contributed by atoms with Gasteiger partial charge in [-0.15, -0.1) is 0 Å². The number of carbonyl (C=O) groups is 2. The standard InChI is InChI=1S/C17H12FNO3S/c18-13-7-5-11(6-8-13)10-19-16(21)15(23-17(19)22)9-12-3-1-2-4-14(12)20/h1-9,20H,10H2/b15-9+. The number of phenolic OH excluding ortho intramolecular Hbond substituents is 1. The van der Waals surface area contributed by atoms with Gasteiger partial charge >= 0.3 is 0 Å². The van der Waals surface area contributed by atoms with Crippen LogP contribution in [0.5, 0.6) is 5.75 Å². The number of imide groups is 1. The van der Waals surface area contributed by atoms with Crippen molar-refractivity contribution in [3.63, 3.8) is 0 Å². The summed E-state index contributed by atoms with van der Waals surface area (Å²) in [4.78, 5) is 25.7. The molecule has 2 aromatic carbocycles. The van der Waals surface area contributed by atoms with Gasteiger partial charge in [0, 0.05) is 5.56 Å². The van der Waals surface area contributed by atoms with Crippen LogP contribution in [0.4, 0.5) is 9.18 Å². The minimum atomic E-state index is -0.424. The van der Waals surface area contributed by atoms with E-state index in [0.717, 1.165) is 16.7 Å². The number of rotatable bonds is 3. The number of hydrogen-bond donors (Lipinski definition) is 1. The number of amides is 2. The lowest BCUT2D eigenvalue weighted by molar-refractivity contribution is -0.123. The van der Waals surface area contributed by atoms with Crippen LogP contribution in [-0.2, 0) is 11.3 Å². The van der Waals surface area contributed by atoms with Crippen molar-refractivity contribution in [2.24, 2.45) is 0 Å². The molecule has 1 aliphatic heterocycles. The predicted octanol–water partition coefficient (Wildman–Crippen LogP) is 3.77. The van der Waals surface area contributed by atoms with Crippen molar-refractivity contribution in [2.45, 2.75) is 6.54 Å². The van der Waals surface area contributed by atoms with E-state index in [9.17, 15) is 19.1 Å². The molecule has 0 atom stereocenters. The smallest absolute Gasteiger partial charge is 0.293 e. The van der Waals surface area contributed by atoms with Gasteiger partial charge < -0.3 is 5.11 Å². The lowest BCUT2D eigenvalue weighted by Gasteiger charge is -2.12. The first kappa shape index (κ1) is 15.3. The van der Waals surface area contributed by atoms with Crippen molar-refractivity contribution in [1.29, 1.82) is 0 Å². The Morgan fingerprint density at radius 2 is 1.78 bits per heavy atom. The molecule has 4 nitrogen and oxygen atoms in total. The summed E-state index contributed by atoms with van der Waals surface area (Å²) in [7, 11) is 0. The molecular weight excluding hydrogens is 317 g/mol. The molecule has 0 saturated carbocycles. The molecule has 1 fully saturated rings. The molecule has 2 amide bonds. The third-order valence-electron chi connectivity index (χ3n) is 3.35. The monoisotopic (exact) mass is 329 g/mol. The molecule has 6 heteroatoms. The van der Waals surface area contributed by atoms with Crippen LogP contribution in [0, 0.1) is 5.82 Å². The van der Waals surface area contributed by atoms with Crippen molar-refractivity contribution < 1.29 is 19.1 Å². The van der Waals surface area contributed by atoms with E-state index in [1.54, 1.807) is 18.2 Å². The Morgan fingerprint density at radius 3 is 2.48 bits per heavy atom. The van der Waals surface area contributed by atoms with Crippen LogP contribution in [0.2, 0.25) is 0 Å². The third kappa shape index (κ3) is 3.27. The summed E-state index contributed by atoms with van der Waals surface area (Å²) < 4.78 is 12.9. The highest BCUT2D eigenvalue weighted by Crippen LogP contribution is 2.34. The van der Waals surface area contributed by atoms with E-state index in [2.05, 4.69) is 0 Å². The van der Waals surface area contributed by atoms with Gasteiger partial charge in [-0.1, -0.05) is 30.3 Å². The van der Waals surface area contributed by atoms with Gasteiger partial charge in [-0.2, -0.15) is 0 Å². The molecular formula is C17H12FNO3S. The summed E-state index contributed by atoms with van der Waals surface area (Å²) in [5.41, 5.74) is 1.14. The zero-order chi connectivity index (χ0) is 16.4. The Kier molecular flexibility index (Phi) is 4.16. The maximum Gasteiger partial charge on any atom is 0.293 e. The van der Waals surface area contributed by atoms with Gasteiger partial charge in [0.2, 0.25) is 0 Å². The third-order valence-corrected chi connectivity index (χ3v) is 4.26. The number of thioether (sulfide) groups is 1. The van der Waals surface area contributed by atoms with E-state index in [-0.39, 0.29) is 28.3 Å². The molecule has 0 bridgehead atoms. The Labute approximate surface area is 136 Å². The maximum absolute atomic E-state index is 12.9. The van der Waals surface area contributed by atoms with Gasteiger partial charge in [0.15, 0.2) is 0 Å². The molecule has 116 valence electrons. The van der Waals surface area contributed by atoms with E-state index < -0.39 is 5.91 Å². The normalized spacial score (nSPS) is 16.4. The summed E-state index contributed by atoms with van der Waals surface area (Å²) in [5.74, 6) is -0.757. The maximum atomic E-state index is 12.9. The van der Waals surface area contributed by atoms with E-state index in [0.29, 0.717) is 11.1 Å². The number of para-hydroxylation sites is 1. The van der Waals surface area contributed by atoms with Crippen LogP contribution in [0.3, 0.4) is 0 Å². The summed E-state index contributed by atoms with van der Waals surface area (Å²) in [5, 5.41) is 9.36. The van der Waals surface area contributed by atoms with Gasteiger partial charge in [0.05, 0.1) is 11.4 Å². The summed E-state index contributed by atoms with van der Waals surface area (Å²) >= 11 is 0.821. The SMILES string of the molecule is O=C1S/C(=C/c2ccccc2O)C(=O)N1Cc1ccc(F)cc1. The number of carbonyl (C=O) groups excluding carboxylic acids is 2. The first-order chi connectivity index (χ1) is 11.0. The molecule has 0 aromatic heterocycles. The second-order valence-corrected chi connectivity index (χ2v) is 5.95. The van der Waals surface area contributed by atoms with E-state index in [1.807, 2.05) is 0 Å². The van der Waals surface area contributed by atoms with E-state index in [1.165, 1.54) is 36.4 Å². The quantitative estimate of drug-likeness (QED) is 0.871. The van der Waals surface area contributed by atoms with Gasteiger partial charge in [0.25, 0.3) is 11.1 Å². The molecule has 1 aliphatic rings. The van der Waals surface area contributed by atoms with E-state index >= 15 is 0 Å². The van der Waals surface area contributed by atoms with Crippen molar-refractivity contribution in [1.82, 2.24) is 4.90 Å². The minimum absolute atomic E-state index is 0.0397.